The van der Waals surface area contributed by atoms with Gasteiger partial charge in [0, 0.05) is 32.4 Å². The summed E-state index contributed by atoms with van der Waals surface area (Å²) in [4.78, 5) is 31.9. The summed E-state index contributed by atoms with van der Waals surface area (Å²) >= 11 is 0. The van der Waals surface area contributed by atoms with E-state index in [0.717, 1.165) is 11.4 Å². The molecule has 2 aromatic rings. The molecule has 1 atom stereocenters. The molecule has 0 spiro atoms. The van der Waals surface area contributed by atoms with E-state index in [2.05, 4.69) is 15.1 Å². The summed E-state index contributed by atoms with van der Waals surface area (Å²) in [5.74, 6) is 0.765. The van der Waals surface area contributed by atoms with Gasteiger partial charge in [0.2, 0.25) is 5.91 Å². The summed E-state index contributed by atoms with van der Waals surface area (Å²) < 4.78 is 0. The fraction of sp³-hybridized carbons (Fsp3) is 0.375. The fourth-order valence-electron chi connectivity index (χ4n) is 2.22. The summed E-state index contributed by atoms with van der Waals surface area (Å²) in [6.07, 6.45) is 4.72. The first-order chi connectivity index (χ1) is 10.7. The molecule has 1 amide bonds. The van der Waals surface area contributed by atoms with E-state index in [-0.39, 0.29) is 12.3 Å². The molecule has 0 aliphatic rings. The van der Waals surface area contributed by atoms with Gasteiger partial charge in [-0.1, -0.05) is 35.5 Å². The number of benzene rings is 1. The highest BCUT2D eigenvalue weighted by Gasteiger charge is 2.18. The number of carbonyl (C=O) groups excluding carboxylic acids is 1. The molecular weight excluding hydrogens is 280 g/mol. The van der Waals surface area contributed by atoms with Crippen molar-refractivity contribution in [3.05, 3.63) is 59.0 Å². The molecule has 22 heavy (non-hydrogen) atoms. The number of nitroso groups, excluding NO2 is 1. The van der Waals surface area contributed by atoms with Crippen molar-refractivity contribution in [2.24, 2.45) is 5.18 Å². The molecule has 1 N–H and O–H groups in total. The Labute approximate surface area is 129 Å². The zero-order valence-corrected chi connectivity index (χ0v) is 12.6. The lowest BCUT2D eigenvalue weighted by Gasteiger charge is -2.18. The average molecular weight is 300 g/mol. The van der Waals surface area contributed by atoms with Crippen LogP contribution in [0.1, 0.15) is 17.8 Å². The molecule has 1 heterocycles. The van der Waals surface area contributed by atoms with Crippen molar-refractivity contribution in [1.29, 1.82) is 0 Å². The van der Waals surface area contributed by atoms with Gasteiger partial charge in [0.05, 0.1) is 6.42 Å². The third kappa shape index (κ3) is 4.80. The number of rotatable bonds is 8. The summed E-state index contributed by atoms with van der Waals surface area (Å²) in [7, 11) is 1.73. The van der Waals surface area contributed by atoms with Crippen molar-refractivity contribution in [2.75, 3.05) is 13.6 Å². The first kappa shape index (κ1) is 15.9. The molecule has 6 nitrogen and oxygen atoms in total. The summed E-state index contributed by atoms with van der Waals surface area (Å²) in [5.41, 5.74) is 1.01. The van der Waals surface area contributed by atoms with E-state index < -0.39 is 6.04 Å². The first-order valence-electron chi connectivity index (χ1n) is 7.27. The second-order valence-corrected chi connectivity index (χ2v) is 5.25. The second-order valence-electron chi connectivity index (χ2n) is 5.25. The van der Waals surface area contributed by atoms with Crippen molar-refractivity contribution in [3.8, 4) is 0 Å². The van der Waals surface area contributed by atoms with Crippen LogP contribution in [0.4, 0.5) is 0 Å². The molecule has 0 aliphatic heterocycles. The molecule has 0 fully saturated rings. The van der Waals surface area contributed by atoms with Crippen LogP contribution in [-0.2, 0) is 17.6 Å². The number of H-pyrrole nitrogens is 1. The number of nitrogens with zero attached hydrogens (tertiary/aromatic N) is 3. The van der Waals surface area contributed by atoms with E-state index in [0.29, 0.717) is 19.4 Å². The van der Waals surface area contributed by atoms with Gasteiger partial charge < -0.3 is 9.88 Å². The van der Waals surface area contributed by atoms with Gasteiger partial charge in [0.1, 0.15) is 11.9 Å². The van der Waals surface area contributed by atoms with Gasteiger partial charge in [-0.3, -0.25) is 4.79 Å². The number of imidazole rings is 1. The molecule has 1 aromatic heterocycles. The van der Waals surface area contributed by atoms with E-state index in [1.165, 1.54) is 0 Å². The number of nitrogens with one attached hydrogen (secondary N) is 1. The van der Waals surface area contributed by atoms with Crippen molar-refractivity contribution < 1.29 is 4.79 Å². The molecule has 2 rings (SSSR count). The van der Waals surface area contributed by atoms with Gasteiger partial charge in [-0.25, -0.2) is 4.98 Å². The topological polar surface area (TPSA) is 78.4 Å². The van der Waals surface area contributed by atoms with Crippen molar-refractivity contribution in [2.45, 2.75) is 25.3 Å². The molecular formula is C16H20N4O2. The quantitative estimate of drug-likeness (QED) is 0.759. The van der Waals surface area contributed by atoms with Crippen molar-refractivity contribution >= 4 is 5.91 Å². The van der Waals surface area contributed by atoms with Crippen molar-refractivity contribution in [3.63, 3.8) is 0 Å². The zero-order chi connectivity index (χ0) is 15.8. The van der Waals surface area contributed by atoms with Crippen LogP contribution in [0.2, 0.25) is 0 Å². The lowest BCUT2D eigenvalue weighted by molar-refractivity contribution is -0.130. The fourth-order valence-corrected chi connectivity index (χ4v) is 2.22. The van der Waals surface area contributed by atoms with Gasteiger partial charge in [-0.15, -0.1) is 0 Å². The number of carbonyl (C=O) groups is 1. The van der Waals surface area contributed by atoms with Crippen LogP contribution in [0.5, 0.6) is 0 Å². The molecule has 0 saturated carbocycles. The molecule has 0 aliphatic carbocycles. The van der Waals surface area contributed by atoms with Gasteiger partial charge in [-0.2, -0.15) is 4.91 Å². The smallest absolute Gasteiger partial charge is 0.224 e. The Bertz CT molecular complexity index is 583. The average Bonchev–Trinajstić information content (AvgIpc) is 3.06. The zero-order valence-electron chi connectivity index (χ0n) is 12.6. The number of aromatic amines is 1. The number of hydrogen-bond donors (Lipinski definition) is 1. The van der Waals surface area contributed by atoms with Crippen LogP contribution in [-0.4, -0.2) is 40.4 Å². The Balaban J connectivity index is 1.81. The molecule has 0 saturated heterocycles. The minimum atomic E-state index is -0.527. The highest BCUT2D eigenvalue weighted by Crippen LogP contribution is 2.10. The van der Waals surface area contributed by atoms with Crippen LogP contribution >= 0.6 is 0 Å². The molecule has 0 radical (unpaired) electrons. The maximum atomic E-state index is 12.2. The van der Waals surface area contributed by atoms with Crippen molar-refractivity contribution in [1.82, 2.24) is 14.9 Å². The number of amides is 1. The van der Waals surface area contributed by atoms with Gasteiger partial charge in [0.25, 0.3) is 0 Å². The van der Waals surface area contributed by atoms with E-state index in [1.54, 1.807) is 24.3 Å². The summed E-state index contributed by atoms with van der Waals surface area (Å²) in [6.45, 7) is 0.559. The van der Waals surface area contributed by atoms with E-state index in [9.17, 15) is 9.70 Å². The van der Waals surface area contributed by atoms with Crippen LogP contribution in [0, 0.1) is 4.91 Å². The Morgan fingerprint density at radius 3 is 2.77 bits per heavy atom. The third-order valence-corrected chi connectivity index (χ3v) is 3.54. The predicted molar refractivity (Wildman–Crippen MR) is 84.3 cm³/mol. The maximum Gasteiger partial charge on any atom is 0.224 e. The second kappa shape index (κ2) is 8.07. The Kier molecular flexibility index (Phi) is 5.82. The summed E-state index contributed by atoms with van der Waals surface area (Å²) in [5, 5.41) is 3.10. The largest absolute Gasteiger partial charge is 0.349 e. The third-order valence-electron chi connectivity index (χ3n) is 3.54. The van der Waals surface area contributed by atoms with Crippen LogP contribution < -0.4 is 0 Å². The summed E-state index contributed by atoms with van der Waals surface area (Å²) in [6, 6.07) is 9.08. The number of hydrogen-bond acceptors (Lipinski definition) is 4. The predicted octanol–water partition coefficient (Wildman–Crippen LogP) is 2.18. The van der Waals surface area contributed by atoms with Crippen LogP contribution in [0.15, 0.2) is 47.9 Å². The highest BCUT2D eigenvalue weighted by molar-refractivity contribution is 5.76. The molecule has 6 heteroatoms. The maximum absolute atomic E-state index is 12.2. The van der Waals surface area contributed by atoms with Crippen LogP contribution in [0.3, 0.4) is 0 Å². The van der Waals surface area contributed by atoms with Gasteiger partial charge in [-0.05, 0) is 12.0 Å². The normalized spacial score (nSPS) is 11.9. The molecule has 0 unspecified atom stereocenters. The van der Waals surface area contributed by atoms with Crippen LogP contribution in [0.25, 0.3) is 0 Å². The Morgan fingerprint density at radius 1 is 1.36 bits per heavy atom. The number of likely N-dealkylation sites (N-methyl/N-ethyl adjacent to an activating group) is 1. The van der Waals surface area contributed by atoms with Gasteiger partial charge >= 0.3 is 0 Å². The highest BCUT2D eigenvalue weighted by atomic mass is 16.3. The lowest BCUT2D eigenvalue weighted by Crippen LogP contribution is -2.31. The molecule has 116 valence electrons. The monoisotopic (exact) mass is 300 g/mol. The Hall–Kier alpha value is -2.50. The molecule has 0 bridgehead atoms. The lowest BCUT2D eigenvalue weighted by atomic mass is 10.0. The van der Waals surface area contributed by atoms with E-state index in [4.69, 9.17) is 0 Å². The van der Waals surface area contributed by atoms with Gasteiger partial charge in [0.15, 0.2) is 0 Å². The standard InChI is InChI=1S/C16H20N4O2/c1-20(10-7-15-17-8-9-18-15)16(21)12-14(19-22)11-13-5-3-2-4-6-13/h2-6,8-9,14H,7,10-12H2,1H3,(H,17,18)/t14-/m1/s1. The minimum Gasteiger partial charge on any atom is -0.349 e. The number of aromatic nitrogens is 2. The SMILES string of the molecule is CN(CCc1ncc[nH]1)C(=O)C[C@@H](Cc1ccccc1)N=O. The van der Waals surface area contributed by atoms with E-state index >= 15 is 0 Å². The van der Waals surface area contributed by atoms with E-state index in [1.807, 2.05) is 30.3 Å². The Morgan fingerprint density at radius 2 is 2.14 bits per heavy atom. The molecule has 1 aromatic carbocycles. The minimum absolute atomic E-state index is 0.0768. The first-order valence-corrected chi connectivity index (χ1v) is 7.27.